The summed E-state index contributed by atoms with van der Waals surface area (Å²) < 4.78 is 5.08. The van der Waals surface area contributed by atoms with E-state index in [4.69, 9.17) is 9.84 Å². The summed E-state index contributed by atoms with van der Waals surface area (Å²) in [4.78, 5) is 0. The van der Waals surface area contributed by atoms with Crippen LogP contribution in [0.15, 0.2) is 0 Å². The maximum atomic E-state index is 9.05. The Hall–Kier alpha value is -0.120. The van der Waals surface area contributed by atoms with E-state index < -0.39 is 6.29 Å². The van der Waals surface area contributed by atoms with Gasteiger partial charge in [-0.3, -0.25) is 0 Å². The van der Waals surface area contributed by atoms with Gasteiger partial charge >= 0.3 is 0 Å². The van der Waals surface area contributed by atoms with E-state index in [-0.39, 0.29) is 6.15 Å². The highest BCUT2D eigenvalue weighted by Gasteiger charge is 1.99. The van der Waals surface area contributed by atoms with Gasteiger partial charge in [-0.05, 0) is 12.8 Å². The maximum Gasteiger partial charge on any atom is 0.154 e. The largest absolute Gasteiger partial charge is 0.368 e. The highest BCUT2D eigenvalue weighted by Crippen LogP contribution is 1.99. The molecule has 0 aromatic carbocycles. The molecule has 0 saturated heterocycles. The highest BCUT2D eigenvalue weighted by atomic mass is 16.6. The second kappa shape index (κ2) is 9.88. The molecule has 0 saturated carbocycles. The average molecular weight is 163 g/mol. The number of ether oxygens (including phenoxy) is 1. The first-order valence-electron chi connectivity index (χ1n) is 4.11. The van der Waals surface area contributed by atoms with Gasteiger partial charge in [0.1, 0.15) is 0 Å². The zero-order valence-electron chi connectivity index (χ0n) is 7.68. The third-order valence-corrected chi connectivity index (χ3v) is 1.34. The van der Waals surface area contributed by atoms with Crippen molar-refractivity contribution in [3.05, 3.63) is 0 Å². The number of aliphatic hydroxyl groups is 1. The van der Waals surface area contributed by atoms with Crippen molar-refractivity contribution in [2.45, 2.75) is 45.8 Å². The van der Waals surface area contributed by atoms with Crippen molar-refractivity contribution in [2.24, 2.45) is 0 Å². The van der Waals surface area contributed by atoms with Gasteiger partial charge in [0.25, 0.3) is 0 Å². The van der Waals surface area contributed by atoms with Crippen molar-refractivity contribution in [1.82, 2.24) is 6.15 Å². The van der Waals surface area contributed by atoms with Crippen LogP contribution >= 0.6 is 0 Å². The van der Waals surface area contributed by atoms with Crippen LogP contribution < -0.4 is 6.15 Å². The van der Waals surface area contributed by atoms with E-state index in [1.165, 1.54) is 0 Å². The molecule has 70 valence electrons. The Morgan fingerprint density at radius 2 is 1.91 bits per heavy atom. The minimum absolute atomic E-state index is 0. The monoisotopic (exact) mass is 163 g/mol. The van der Waals surface area contributed by atoms with E-state index >= 15 is 0 Å². The molecule has 4 N–H and O–H groups in total. The number of hydrogen-bond acceptors (Lipinski definition) is 3. The molecule has 0 fully saturated rings. The molecule has 0 aliphatic carbocycles. The topological polar surface area (TPSA) is 64.5 Å². The van der Waals surface area contributed by atoms with E-state index in [9.17, 15) is 0 Å². The minimum atomic E-state index is -0.531. The number of rotatable bonds is 6. The molecule has 0 spiro atoms. The van der Waals surface area contributed by atoms with Gasteiger partial charge in [0.05, 0.1) is 0 Å². The molecule has 3 nitrogen and oxygen atoms in total. The standard InChI is InChI=1S/C8H18O2.H3N/c1-3-5-7-10-8(9)6-4-2;/h8-9H,3-7H2,1-2H3;1H3. The molecule has 0 amide bonds. The Morgan fingerprint density at radius 3 is 2.36 bits per heavy atom. The second-order valence-electron chi connectivity index (χ2n) is 2.47. The van der Waals surface area contributed by atoms with Crippen LogP contribution in [0.3, 0.4) is 0 Å². The number of hydrogen-bond donors (Lipinski definition) is 2. The van der Waals surface area contributed by atoms with Crippen LogP contribution in [0.1, 0.15) is 39.5 Å². The van der Waals surface area contributed by atoms with Crippen LogP contribution in [0, 0.1) is 0 Å². The normalized spacial score (nSPS) is 12.3. The Balaban J connectivity index is 0. The fourth-order valence-electron chi connectivity index (χ4n) is 0.694. The predicted octanol–water partition coefficient (Wildman–Crippen LogP) is 2.08. The van der Waals surface area contributed by atoms with Crippen molar-refractivity contribution >= 4 is 0 Å². The van der Waals surface area contributed by atoms with Crippen LogP contribution in [0.2, 0.25) is 0 Å². The molecule has 3 heteroatoms. The fraction of sp³-hybridized carbons (Fsp3) is 1.00. The lowest BCUT2D eigenvalue weighted by atomic mass is 10.3. The zero-order chi connectivity index (χ0) is 7.82. The van der Waals surface area contributed by atoms with Crippen molar-refractivity contribution in [3.8, 4) is 0 Å². The van der Waals surface area contributed by atoms with Gasteiger partial charge in [0.2, 0.25) is 0 Å². The van der Waals surface area contributed by atoms with Gasteiger partial charge in [-0.2, -0.15) is 0 Å². The van der Waals surface area contributed by atoms with E-state index in [2.05, 4.69) is 6.92 Å². The minimum Gasteiger partial charge on any atom is -0.368 e. The van der Waals surface area contributed by atoms with E-state index in [0.29, 0.717) is 6.61 Å². The quantitative estimate of drug-likeness (QED) is 0.465. The molecular weight excluding hydrogens is 142 g/mol. The van der Waals surface area contributed by atoms with E-state index in [1.807, 2.05) is 6.92 Å². The van der Waals surface area contributed by atoms with Crippen molar-refractivity contribution in [3.63, 3.8) is 0 Å². The molecule has 0 radical (unpaired) electrons. The van der Waals surface area contributed by atoms with Crippen LogP contribution in [0.5, 0.6) is 0 Å². The summed E-state index contributed by atoms with van der Waals surface area (Å²) in [5, 5.41) is 9.05. The third-order valence-electron chi connectivity index (χ3n) is 1.34. The van der Waals surface area contributed by atoms with E-state index in [0.717, 1.165) is 25.7 Å². The Morgan fingerprint density at radius 1 is 1.27 bits per heavy atom. The molecule has 0 bridgehead atoms. The van der Waals surface area contributed by atoms with Gasteiger partial charge in [0, 0.05) is 6.61 Å². The first-order valence-corrected chi connectivity index (χ1v) is 4.11. The van der Waals surface area contributed by atoms with Crippen LogP contribution in [-0.2, 0) is 4.74 Å². The Bertz CT molecular complexity index is 69.1. The van der Waals surface area contributed by atoms with E-state index in [1.54, 1.807) is 0 Å². The third kappa shape index (κ3) is 9.88. The molecular formula is C8H21NO2. The molecule has 1 atom stereocenters. The zero-order valence-corrected chi connectivity index (χ0v) is 7.68. The summed E-state index contributed by atoms with van der Waals surface area (Å²) in [6.45, 7) is 4.83. The molecule has 0 aliphatic heterocycles. The van der Waals surface area contributed by atoms with Crippen molar-refractivity contribution in [2.75, 3.05) is 6.61 Å². The number of aliphatic hydroxyl groups excluding tert-OH is 1. The smallest absolute Gasteiger partial charge is 0.154 e. The second-order valence-corrected chi connectivity index (χ2v) is 2.47. The number of unbranched alkanes of at least 4 members (excludes halogenated alkanes) is 1. The molecule has 0 aliphatic rings. The van der Waals surface area contributed by atoms with Crippen LogP contribution in [0.25, 0.3) is 0 Å². The highest BCUT2D eigenvalue weighted by molar-refractivity contribution is 4.39. The molecule has 0 heterocycles. The summed E-state index contributed by atoms with van der Waals surface area (Å²) >= 11 is 0. The average Bonchev–Trinajstić information content (AvgIpc) is 1.89. The fourth-order valence-corrected chi connectivity index (χ4v) is 0.694. The maximum absolute atomic E-state index is 9.05. The van der Waals surface area contributed by atoms with Crippen LogP contribution in [0.4, 0.5) is 0 Å². The molecule has 1 unspecified atom stereocenters. The lowest BCUT2D eigenvalue weighted by molar-refractivity contribution is -0.104. The molecule has 11 heavy (non-hydrogen) atoms. The Kier molecular flexibility index (Phi) is 12.1. The van der Waals surface area contributed by atoms with Gasteiger partial charge in [-0.15, -0.1) is 0 Å². The van der Waals surface area contributed by atoms with Gasteiger partial charge in [-0.25, -0.2) is 0 Å². The SMILES string of the molecule is CCCCOC(O)CCC.N. The summed E-state index contributed by atoms with van der Waals surface area (Å²) in [6, 6.07) is 0. The summed E-state index contributed by atoms with van der Waals surface area (Å²) in [5.74, 6) is 0. The lowest BCUT2D eigenvalue weighted by Gasteiger charge is -2.09. The van der Waals surface area contributed by atoms with Crippen molar-refractivity contribution in [1.29, 1.82) is 0 Å². The Labute approximate surface area is 69.3 Å². The summed E-state index contributed by atoms with van der Waals surface area (Å²) in [5.41, 5.74) is 0. The molecule has 0 rings (SSSR count). The lowest BCUT2D eigenvalue weighted by Crippen LogP contribution is -2.11. The molecule has 0 aromatic rings. The summed E-state index contributed by atoms with van der Waals surface area (Å²) in [6.07, 6.45) is 3.37. The predicted molar refractivity (Wildman–Crippen MR) is 46.8 cm³/mol. The van der Waals surface area contributed by atoms with Gasteiger partial charge in [0.15, 0.2) is 6.29 Å². The van der Waals surface area contributed by atoms with Gasteiger partial charge in [-0.1, -0.05) is 26.7 Å². The van der Waals surface area contributed by atoms with Crippen molar-refractivity contribution < 1.29 is 9.84 Å². The first-order chi connectivity index (χ1) is 4.81. The molecule has 0 aromatic heterocycles. The summed E-state index contributed by atoms with van der Waals surface area (Å²) in [7, 11) is 0. The van der Waals surface area contributed by atoms with Crippen LogP contribution in [-0.4, -0.2) is 18.0 Å². The van der Waals surface area contributed by atoms with Gasteiger partial charge < -0.3 is 16.0 Å². The first kappa shape index (κ1) is 13.5.